The highest BCUT2D eigenvalue weighted by atomic mass is 16.5. The van der Waals surface area contributed by atoms with E-state index in [4.69, 9.17) is 0 Å². The van der Waals surface area contributed by atoms with E-state index in [9.17, 15) is 9.59 Å². The van der Waals surface area contributed by atoms with E-state index < -0.39 is 6.09 Å². The van der Waals surface area contributed by atoms with Gasteiger partial charge in [-0.3, -0.25) is 4.79 Å². The molecule has 1 unspecified atom stereocenters. The molecule has 4 aromatic rings. The van der Waals surface area contributed by atoms with Gasteiger partial charge in [0.1, 0.15) is 18.2 Å². The molecule has 36 heavy (non-hydrogen) atoms. The second-order valence-electron chi connectivity index (χ2n) is 8.82. The Morgan fingerprint density at radius 3 is 2.58 bits per heavy atom. The largest absolute Gasteiger partial charge is 0.453 e. The molecule has 2 aromatic carbocycles. The molecule has 3 heterocycles. The summed E-state index contributed by atoms with van der Waals surface area (Å²) in [5.41, 5.74) is 6.30. The number of H-pyrrole nitrogens is 2. The molecule has 2 amide bonds. The number of aryl methyl sites for hydroxylation is 1. The first-order chi connectivity index (χ1) is 17.5. The Morgan fingerprint density at radius 1 is 1.08 bits per heavy atom. The van der Waals surface area contributed by atoms with Gasteiger partial charge in [0.05, 0.1) is 25.0 Å². The number of ether oxygens (including phenoxy) is 1. The highest BCUT2D eigenvalue weighted by molar-refractivity contribution is 5.82. The molecule has 0 radical (unpaired) electrons. The van der Waals surface area contributed by atoms with E-state index in [1.807, 2.05) is 6.20 Å². The quantitative estimate of drug-likeness (QED) is 0.374. The number of benzene rings is 2. The van der Waals surface area contributed by atoms with Gasteiger partial charge in [-0.25, -0.2) is 14.8 Å². The molecule has 0 saturated carbocycles. The summed E-state index contributed by atoms with van der Waals surface area (Å²) in [4.78, 5) is 41.3. The van der Waals surface area contributed by atoms with Crippen molar-refractivity contribution in [3.8, 4) is 33.9 Å². The third-order valence-corrected chi connectivity index (χ3v) is 6.57. The maximum Gasteiger partial charge on any atom is 0.407 e. The van der Waals surface area contributed by atoms with Gasteiger partial charge in [-0.15, -0.1) is 0 Å². The summed E-state index contributed by atoms with van der Waals surface area (Å²) in [6.07, 6.45) is 6.49. The number of imidazole rings is 2. The monoisotopic (exact) mass is 484 g/mol. The lowest BCUT2D eigenvalue weighted by molar-refractivity contribution is -0.131. The fourth-order valence-corrected chi connectivity index (χ4v) is 4.70. The molecule has 184 valence electrons. The Morgan fingerprint density at radius 2 is 1.86 bits per heavy atom. The minimum absolute atomic E-state index is 0.0900. The van der Waals surface area contributed by atoms with E-state index in [2.05, 4.69) is 79.4 Å². The van der Waals surface area contributed by atoms with Gasteiger partial charge in [0.15, 0.2) is 0 Å². The van der Waals surface area contributed by atoms with Crippen molar-refractivity contribution in [3.05, 3.63) is 72.3 Å². The molecule has 1 fully saturated rings. The standard InChI is InChI=1S/C27H28N6O3/c1-17-14-20(18-5-7-19(8-6-18)25-28-11-12-29-25)9-10-21(17)26-30-15-22(32-26)23-4-3-13-33(23)24(34)16-31-27(35)36-2/h5-12,14-15,23H,3-4,13,16H2,1-2H3,(H,28,29)(H,30,32)(H,31,35). The number of aromatic amines is 2. The zero-order valence-corrected chi connectivity index (χ0v) is 20.2. The van der Waals surface area contributed by atoms with Crippen molar-refractivity contribution in [2.75, 3.05) is 20.2 Å². The first-order valence-corrected chi connectivity index (χ1v) is 11.9. The predicted octanol–water partition coefficient (Wildman–Crippen LogP) is 4.46. The molecule has 1 aliphatic heterocycles. The van der Waals surface area contributed by atoms with E-state index >= 15 is 0 Å². The highest BCUT2D eigenvalue weighted by Gasteiger charge is 2.31. The van der Waals surface area contributed by atoms with Gasteiger partial charge in [0, 0.05) is 30.1 Å². The van der Waals surface area contributed by atoms with Crippen molar-refractivity contribution in [2.24, 2.45) is 0 Å². The Hall–Kier alpha value is -4.40. The smallest absolute Gasteiger partial charge is 0.407 e. The van der Waals surface area contributed by atoms with Gasteiger partial charge < -0.3 is 24.9 Å². The zero-order chi connectivity index (χ0) is 25.1. The molecule has 9 nitrogen and oxygen atoms in total. The third kappa shape index (κ3) is 4.72. The molecule has 0 spiro atoms. The summed E-state index contributed by atoms with van der Waals surface area (Å²) in [5.74, 6) is 1.48. The molecule has 0 aliphatic carbocycles. The number of carbonyl (C=O) groups excluding carboxylic acids is 2. The summed E-state index contributed by atoms with van der Waals surface area (Å²) in [7, 11) is 1.28. The van der Waals surface area contributed by atoms with Crippen LogP contribution in [0.3, 0.4) is 0 Å². The van der Waals surface area contributed by atoms with Crippen LogP contribution in [0.5, 0.6) is 0 Å². The number of hydrogen-bond acceptors (Lipinski definition) is 5. The van der Waals surface area contributed by atoms with Gasteiger partial charge in [0.2, 0.25) is 5.91 Å². The molecule has 5 rings (SSSR count). The number of nitrogens with one attached hydrogen (secondary N) is 3. The number of aromatic nitrogens is 4. The lowest BCUT2D eigenvalue weighted by Crippen LogP contribution is -2.39. The fourth-order valence-electron chi connectivity index (χ4n) is 4.70. The number of methoxy groups -OCH3 is 1. The van der Waals surface area contributed by atoms with E-state index in [0.29, 0.717) is 6.54 Å². The normalized spacial score (nSPS) is 15.2. The number of alkyl carbamates (subject to hydrolysis) is 1. The van der Waals surface area contributed by atoms with Crippen molar-refractivity contribution >= 4 is 12.0 Å². The third-order valence-electron chi connectivity index (χ3n) is 6.57. The molecule has 1 saturated heterocycles. The number of rotatable bonds is 6. The lowest BCUT2D eigenvalue weighted by Gasteiger charge is -2.23. The fraction of sp³-hybridized carbons (Fsp3) is 0.259. The van der Waals surface area contributed by atoms with Crippen molar-refractivity contribution in [1.82, 2.24) is 30.2 Å². The van der Waals surface area contributed by atoms with Crippen LogP contribution in [0.4, 0.5) is 4.79 Å². The molecule has 1 atom stereocenters. The Labute approximate surface area is 208 Å². The molecular weight excluding hydrogens is 456 g/mol. The Kier molecular flexibility index (Phi) is 6.53. The van der Waals surface area contributed by atoms with Crippen LogP contribution >= 0.6 is 0 Å². The summed E-state index contributed by atoms with van der Waals surface area (Å²) in [6, 6.07) is 14.5. The van der Waals surface area contributed by atoms with Gasteiger partial charge in [-0.05, 0) is 36.5 Å². The molecule has 2 aromatic heterocycles. The predicted molar refractivity (Wildman–Crippen MR) is 136 cm³/mol. The first kappa shape index (κ1) is 23.3. The molecule has 0 bridgehead atoms. The van der Waals surface area contributed by atoms with Crippen molar-refractivity contribution in [3.63, 3.8) is 0 Å². The van der Waals surface area contributed by atoms with Crippen molar-refractivity contribution < 1.29 is 14.3 Å². The first-order valence-electron chi connectivity index (χ1n) is 11.9. The van der Waals surface area contributed by atoms with Gasteiger partial charge in [0.25, 0.3) is 0 Å². The average Bonchev–Trinajstić information content (AvgIpc) is 3.68. The molecule has 1 aliphatic rings. The molecule has 3 N–H and O–H groups in total. The number of amides is 2. The van der Waals surface area contributed by atoms with Crippen LogP contribution < -0.4 is 5.32 Å². The van der Waals surface area contributed by atoms with Crippen molar-refractivity contribution in [2.45, 2.75) is 25.8 Å². The van der Waals surface area contributed by atoms with Crippen LogP contribution in [0.15, 0.2) is 61.1 Å². The van der Waals surface area contributed by atoms with Crippen LogP contribution in [0, 0.1) is 6.92 Å². The maximum atomic E-state index is 12.7. The maximum absolute atomic E-state index is 12.7. The average molecular weight is 485 g/mol. The molecular formula is C27H28N6O3. The number of hydrogen-bond donors (Lipinski definition) is 3. The Bertz CT molecular complexity index is 1360. The lowest BCUT2D eigenvalue weighted by atomic mass is 9.98. The van der Waals surface area contributed by atoms with Gasteiger partial charge in [-0.2, -0.15) is 0 Å². The SMILES string of the molecule is COC(=O)NCC(=O)N1CCCC1c1cnc(-c2ccc(-c3ccc(-c4ncc[nH]4)cc3)cc2C)[nH]1. The van der Waals surface area contributed by atoms with E-state index in [1.165, 1.54) is 7.11 Å². The van der Waals surface area contributed by atoms with Crippen LogP contribution in [-0.4, -0.2) is 57.0 Å². The minimum atomic E-state index is -0.615. The van der Waals surface area contributed by atoms with Crippen LogP contribution in [0.25, 0.3) is 33.9 Å². The summed E-state index contributed by atoms with van der Waals surface area (Å²) >= 11 is 0. The van der Waals surface area contributed by atoms with Crippen LogP contribution in [-0.2, 0) is 9.53 Å². The second-order valence-corrected chi connectivity index (χ2v) is 8.82. The number of carbonyl (C=O) groups is 2. The zero-order valence-electron chi connectivity index (χ0n) is 20.2. The van der Waals surface area contributed by atoms with E-state index in [1.54, 1.807) is 17.3 Å². The van der Waals surface area contributed by atoms with E-state index in [0.717, 1.165) is 58.0 Å². The summed E-state index contributed by atoms with van der Waals surface area (Å²) in [5, 5.41) is 2.47. The Balaban J connectivity index is 1.31. The van der Waals surface area contributed by atoms with Crippen LogP contribution in [0.1, 0.15) is 30.1 Å². The minimum Gasteiger partial charge on any atom is -0.453 e. The van der Waals surface area contributed by atoms with Gasteiger partial charge in [-0.1, -0.05) is 42.5 Å². The van der Waals surface area contributed by atoms with E-state index in [-0.39, 0.29) is 18.5 Å². The summed E-state index contributed by atoms with van der Waals surface area (Å²) < 4.78 is 4.55. The highest BCUT2D eigenvalue weighted by Crippen LogP contribution is 2.33. The number of nitrogens with zero attached hydrogens (tertiary/aromatic N) is 3. The number of likely N-dealkylation sites (tertiary alicyclic amines) is 1. The summed E-state index contributed by atoms with van der Waals surface area (Å²) in [6.45, 7) is 2.63. The van der Waals surface area contributed by atoms with Gasteiger partial charge >= 0.3 is 6.09 Å². The van der Waals surface area contributed by atoms with Crippen LogP contribution in [0.2, 0.25) is 0 Å². The topological polar surface area (TPSA) is 116 Å². The van der Waals surface area contributed by atoms with Crippen molar-refractivity contribution in [1.29, 1.82) is 0 Å². The second kappa shape index (κ2) is 10.1. The molecule has 9 heteroatoms.